The van der Waals surface area contributed by atoms with Crippen molar-refractivity contribution < 1.29 is 13.9 Å². The molecule has 1 aliphatic carbocycles. The van der Waals surface area contributed by atoms with Crippen LogP contribution < -0.4 is 4.90 Å². The third kappa shape index (κ3) is 3.47. The predicted octanol–water partition coefficient (Wildman–Crippen LogP) is 3.88. The highest BCUT2D eigenvalue weighted by molar-refractivity contribution is 6.06. The van der Waals surface area contributed by atoms with Crippen molar-refractivity contribution in [3.63, 3.8) is 0 Å². The fourth-order valence-electron chi connectivity index (χ4n) is 4.91. The van der Waals surface area contributed by atoms with Gasteiger partial charge in [-0.1, -0.05) is 13.3 Å². The Labute approximate surface area is 181 Å². The lowest BCUT2D eigenvalue weighted by atomic mass is 9.88. The summed E-state index contributed by atoms with van der Waals surface area (Å²) in [5.41, 5.74) is 6.21. The number of fused-ring (bicyclic) bond motifs is 5. The van der Waals surface area contributed by atoms with Crippen LogP contribution in [0, 0.1) is 0 Å². The van der Waals surface area contributed by atoms with Crippen LogP contribution in [0.3, 0.4) is 0 Å². The zero-order valence-electron chi connectivity index (χ0n) is 18.3. The molecule has 1 fully saturated rings. The van der Waals surface area contributed by atoms with Crippen LogP contribution in [-0.4, -0.2) is 58.7 Å². The zero-order chi connectivity index (χ0) is 21.4. The number of furan rings is 1. The summed E-state index contributed by atoms with van der Waals surface area (Å²) in [6.45, 7) is 6.95. The van der Waals surface area contributed by atoms with Crippen LogP contribution in [0.2, 0.25) is 0 Å². The molecule has 0 spiro atoms. The number of ether oxygens (including phenoxy) is 1. The number of rotatable bonds is 4. The number of anilines is 1. The first-order chi connectivity index (χ1) is 15.2. The number of aryl methyl sites for hydroxylation is 2. The Hall–Kier alpha value is -2.90. The second-order valence-corrected chi connectivity index (χ2v) is 8.30. The smallest absolute Gasteiger partial charge is 0.409 e. The molecule has 31 heavy (non-hydrogen) atoms. The largest absolute Gasteiger partial charge is 0.450 e. The van der Waals surface area contributed by atoms with Gasteiger partial charge in [-0.15, -0.1) is 0 Å². The van der Waals surface area contributed by atoms with E-state index in [0.717, 1.165) is 42.4 Å². The Morgan fingerprint density at radius 3 is 2.61 bits per heavy atom. The molecule has 0 unspecified atom stereocenters. The molecule has 8 nitrogen and oxygen atoms in total. The third-order valence-corrected chi connectivity index (χ3v) is 6.38. The average molecular weight is 424 g/mol. The molecule has 4 heterocycles. The number of nitrogens with zero attached hydrogens (tertiary/aromatic N) is 5. The SMILES string of the molecule is CCCc1nc2oc3c(N4CCN(C(=O)OCC)CC4)ncnc3c2c2c1CCCC2. The van der Waals surface area contributed by atoms with Gasteiger partial charge < -0.3 is 19.0 Å². The molecule has 0 atom stereocenters. The molecule has 5 rings (SSSR count). The first-order valence-electron chi connectivity index (χ1n) is 11.5. The first kappa shape index (κ1) is 20.0. The van der Waals surface area contributed by atoms with Crippen molar-refractivity contribution in [2.75, 3.05) is 37.7 Å². The average Bonchev–Trinajstić information content (AvgIpc) is 3.18. The standard InChI is InChI=1S/C23H29N5O3/c1-3-7-17-15-8-5-6-9-16(15)18-19-20(31-22(18)26-17)21(25-14-24-19)27-10-12-28(13-11-27)23(29)30-4-2/h14H,3-13H2,1-2H3. The Kier molecular flexibility index (Phi) is 5.38. The Bertz CT molecular complexity index is 1120. The summed E-state index contributed by atoms with van der Waals surface area (Å²) in [7, 11) is 0. The van der Waals surface area contributed by atoms with Gasteiger partial charge in [0, 0.05) is 31.9 Å². The summed E-state index contributed by atoms with van der Waals surface area (Å²) in [4.78, 5) is 30.1. The molecule has 1 aliphatic heterocycles. The van der Waals surface area contributed by atoms with Crippen molar-refractivity contribution in [2.45, 2.75) is 52.4 Å². The van der Waals surface area contributed by atoms with Crippen molar-refractivity contribution >= 4 is 34.1 Å². The third-order valence-electron chi connectivity index (χ3n) is 6.38. The van der Waals surface area contributed by atoms with E-state index in [2.05, 4.69) is 21.8 Å². The molecule has 1 saturated heterocycles. The molecule has 0 saturated carbocycles. The highest BCUT2D eigenvalue weighted by atomic mass is 16.6. The lowest BCUT2D eigenvalue weighted by Crippen LogP contribution is -2.49. The number of hydrogen-bond acceptors (Lipinski definition) is 7. The summed E-state index contributed by atoms with van der Waals surface area (Å²) in [6.07, 6.45) is 7.98. The van der Waals surface area contributed by atoms with Crippen LogP contribution in [0.1, 0.15) is 49.9 Å². The zero-order valence-corrected chi connectivity index (χ0v) is 18.3. The minimum atomic E-state index is -0.252. The van der Waals surface area contributed by atoms with Crippen LogP contribution in [0.25, 0.3) is 22.2 Å². The van der Waals surface area contributed by atoms with Gasteiger partial charge in [0.1, 0.15) is 11.8 Å². The van der Waals surface area contributed by atoms with Crippen LogP contribution >= 0.6 is 0 Å². The molecule has 3 aromatic heterocycles. The monoisotopic (exact) mass is 423 g/mol. The second kappa shape index (κ2) is 8.32. The minimum Gasteiger partial charge on any atom is -0.450 e. The lowest BCUT2D eigenvalue weighted by Gasteiger charge is -2.34. The van der Waals surface area contributed by atoms with E-state index in [1.165, 1.54) is 29.7 Å². The molecule has 3 aromatic rings. The van der Waals surface area contributed by atoms with Crippen molar-refractivity contribution in [2.24, 2.45) is 0 Å². The first-order valence-corrected chi connectivity index (χ1v) is 11.5. The lowest BCUT2D eigenvalue weighted by molar-refractivity contribution is 0.105. The number of aromatic nitrogens is 3. The Balaban J connectivity index is 1.54. The predicted molar refractivity (Wildman–Crippen MR) is 119 cm³/mol. The molecular formula is C23H29N5O3. The van der Waals surface area contributed by atoms with E-state index in [-0.39, 0.29) is 6.09 Å². The minimum absolute atomic E-state index is 0.252. The molecular weight excluding hydrogens is 394 g/mol. The van der Waals surface area contributed by atoms with E-state index in [1.54, 1.807) is 11.2 Å². The molecule has 1 amide bonds. The van der Waals surface area contributed by atoms with E-state index in [4.69, 9.17) is 14.1 Å². The van der Waals surface area contributed by atoms with Gasteiger partial charge in [-0.2, -0.15) is 0 Å². The molecule has 0 bridgehead atoms. The van der Waals surface area contributed by atoms with Gasteiger partial charge in [0.2, 0.25) is 5.71 Å². The summed E-state index contributed by atoms with van der Waals surface area (Å²) >= 11 is 0. The van der Waals surface area contributed by atoms with Crippen LogP contribution in [0.5, 0.6) is 0 Å². The molecule has 0 aromatic carbocycles. The van der Waals surface area contributed by atoms with Crippen LogP contribution in [0.15, 0.2) is 10.7 Å². The van der Waals surface area contributed by atoms with E-state index < -0.39 is 0 Å². The van der Waals surface area contributed by atoms with Gasteiger partial charge in [-0.05, 0) is 50.2 Å². The van der Waals surface area contributed by atoms with Crippen molar-refractivity contribution in [1.29, 1.82) is 0 Å². The molecule has 0 radical (unpaired) electrons. The van der Waals surface area contributed by atoms with Gasteiger partial charge in [0.05, 0.1) is 12.0 Å². The number of carbonyl (C=O) groups excluding carboxylic acids is 1. The second-order valence-electron chi connectivity index (χ2n) is 8.30. The van der Waals surface area contributed by atoms with E-state index in [0.29, 0.717) is 44.1 Å². The summed E-state index contributed by atoms with van der Waals surface area (Å²) in [6, 6.07) is 0. The summed E-state index contributed by atoms with van der Waals surface area (Å²) in [5.74, 6) is 0.785. The topological polar surface area (TPSA) is 84.6 Å². The van der Waals surface area contributed by atoms with Gasteiger partial charge >= 0.3 is 6.09 Å². The van der Waals surface area contributed by atoms with E-state index >= 15 is 0 Å². The fourth-order valence-corrected chi connectivity index (χ4v) is 4.91. The van der Waals surface area contributed by atoms with E-state index in [1.807, 2.05) is 6.92 Å². The molecule has 164 valence electrons. The van der Waals surface area contributed by atoms with Gasteiger partial charge in [-0.25, -0.2) is 19.7 Å². The normalized spacial score (nSPS) is 16.7. The van der Waals surface area contributed by atoms with Crippen molar-refractivity contribution in [3.8, 4) is 0 Å². The highest BCUT2D eigenvalue weighted by Gasteiger charge is 2.28. The van der Waals surface area contributed by atoms with Crippen LogP contribution in [0.4, 0.5) is 10.6 Å². The maximum Gasteiger partial charge on any atom is 0.409 e. The van der Waals surface area contributed by atoms with Gasteiger partial charge in [0.25, 0.3) is 0 Å². The maximum absolute atomic E-state index is 12.0. The number of carbonyl (C=O) groups is 1. The number of amides is 1. The van der Waals surface area contributed by atoms with Gasteiger partial charge in [0.15, 0.2) is 11.4 Å². The Morgan fingerprint density at radius 1 is 1.10 bits per heavy atom. The maximum atomic E-state index is 12.0. The Morgan fingerprint density at radius 2 is 1.87 bits per heavy atom. The number of pyridine rings is 1. The van der Waals surface area contributed by atoms with Crippen molar-refractivity contribution in [3.05, 3.63) is 23.1 Å². The van der Waals surface area contributed by atoms with Gasteiger partial charge in [-0.3, -0.25) is 0 Å². The molecule has 2 aliphatic rings. The van der Waals surface area contributed by atoms with Crippen LogP contribution in [-0.2, 0) is 24.0 Å². The number of piperazine rings is 1. The van der Waals surface area contributed by atoms with E-state index in [9.17, 15) is 4.79 Å². The summed E-state index contributed by atoms with van der Waals surface area (Å²) < 4.78 is 11.5. The number of hydrogen-bond donors (Lipinski definition) is 0. The quantitative estimate of drug-likeness (QED) is 0.629. The summed E-state index contributed by atoms with van der Waals surface area (Å²) in [5, 5.41) is 1.07. The van der Waals surface area contributed by atoms with Crippen molar-refractivity contribution in [1.82, 2.24) is 19.9 Å². The molecule has 0 N–H and O–H groups in total. The fraction of sp³-hybridized carbons (Fsp3) is 0.565. The molecule has 8 heteroatoms. The highest BCUT2D eigenvalue weighted by Crippen LogP contribution is 2.38.